The van der Waals surface area contributed by atoms with Crippen LogP contribution in [0.5, 0.6) is 0 Å². The number of nitrogens with zero attached hydrogens (tertiary/aromatic N) is 3. The maximum atomic E-state index is 11.8. The standard InChI is InChI=1S/C16H26N4O2/c1-15(2,3)22-14(21)19-12-16(4)5-9-20(10-6-16)13-11-17-7-8-18-13/h7-8,11H,5-6,9-10,12H2,1-4H3,(H,19,21). The maximum Gasteiger partial charge on any atom is 0.407 e. The van der Waals surface area contributed by atoms with Crippen LogP contribution >= 0.6 is 0 Å². The van der Waals surface area contributed by atoms with E-state index in [0.29, 0.717) is 6.54 Å². The second-order valence-corrected chi connectivity index (χ2v) is 7.22. The van der Waals surface area contributed by atoms with Gasteiger partial charge in [-0.05, 0) is 39.0 Å². The monoisotopic (exact) mass is 306 g/mol. The van der Waals surface area contributed by atoms with Crippen molar-refractivity contribution < 1.29 is 9.53 Å². The molecule has 6 nitrogen and oxygen atoms in total. The fourth-order valence-corrected chi connectivity index (χ4v) is 2.51. The highest BCUT2D eigenvalue weighted by Crippen LogP contribution is 2.31. The highest BCUT2D eigenvalue weighted by molar-refractivity contribution is 5.67. The van der Waals surface area contributed by atoms with Crippen LogP contribution in [0.3, 0.4) is 0 Å². The zero-order valence-corrected chi connectivity index (χ0v) is 13.9. The van der Waals surface area contributed by atoms with Gasteiger partial charge < -0.3 is 15.0 Å². The van der Waals surface area contributed by atoms with E-state index in [4.69, 9.17) is 4.74 Å². The summed E-state index contributed by atoms with van der Waals surface area (Å²) in [6, 6.07) is 0. The summed E-state index contributed by atoms with van der Waals surface area (Å²) in [7, 11) is 0. The summed E-state index contributed by atoms with van der Waals surface area (Å²) < 4.78 is 5.29. The van der Waals surface area contributed by atoms with Crippen molar-refractivity contribution in [1.29, 1.82) is 0 Å². The minimum atomic E-state index is -0.458. The predicted octanol–water partition coefficient (Wildman–Crippen LogP) is 2.61. The van der Waals surface area contributed by atoms with Crippen molar-refractivity contribution in [3.05, 3.63) is 18.6 Å². The SMILES string of the molecule is CC1(CNC(=O)OC(C)(C)C)CCN(c2cnccn2)CC1. The summed E-state index contributed by atoms with van der Waals surface area (Å²) in [5.74, 6) is 0.921. The lowest BCUT2D eigenvalue weighted by molar-refractivity contribution is 0.0495. The van der Waals surface area contributed by atoms with Gasteiger partial charge in [0.15, 0.2) is 0 Å². The summed E-state index contributed by atoms with van der Waals surface area (Å²) in [6.45, 7) is 10.3. The molecule has 0 saturated carbocycles. The van der Waals surface area contributed by atoms with Crippen LogP contribution in [0, 0.1) is 5.41 Å². The van der Waals surface area contributed by atoms with Gasteiger partial charge in [-0.25, -0.2) is 9.78 Å². The van der Waals surface area contributed by atoms with Gasteiger partial charge in [-0.3, -0.25) is 4.98 Å². The first-order valence-corrected chi connectivity index (χ1v) is 7.75. The van der Waals surface area contributed by atoms with E-state index in [0.717, 1.165) is 31.7 Å². The third kappa shape index (κ3) is 4.86. The summed E-state index contributed by atoms with van der Waals surface area (Å²) in [6.07, 6.45) is 6.85. The first-order valence-electron chi connectivity index (χ1n) is 7.75. The number of piperidine rings is 1. The van der Waals surface area contributed by atoms with E-state index in [2.05, 4.69) is 27.1 Å². The van der Waals surface area contributed by atoms with Crippen molar-refractivity contribution >= 4 is 11.9 Å². The van der Waals surface area contributed by atoms with Gasteiger partial charge in [0.25, 0.3) is 0 Å². The Hall–Kier alpha value is -1.85. The van der Waals surface area contributed by atoms with Gasteiger partial charge >= 0.3 is 6.09 Å². The highest BCUT2D eigenvalue weighted by Gasteiger charge is 2.31. The molecule has 0 spiro atoms. The highest BCUT2D eigenvalue weighted by atomic mass is 16.6. The number of anilines is 1. The van der Waals surface area contributed by atoms with E-state index >= 15 is 0 Å². The van der Waals surface area contributed by atoms with E-state index in [1.165, 1.54) is 0 Å². The minimum Gasteiger partial charge on any atom is -0.444 e. The lowest BCUT2D eigenvalue weighted by atomic mass is 9.80. The number of carbonyl (C=O) groups is 1. The van der Waals surface area contributed by atoms with Crippen LogP contribution in [0.15, 0.2) is 18.6 Å². The average Bonchev–Trinajstić information content (AvgIpc) is 2.45. The molecule has 0 atom stereocenters. The molecule has 0 aliphatic carbocycles. The van der Waals surface area contributed by atoms with E-state index in [1.807, 2.05) is 20.8 Å². The number of carbonyl (C=O) groups excluding carboxylic acids is 1. The third-order valence-electron chi connectivity index (χ3n) is 3.90. The first kappa shape index (κ1) is 16.5. The zero-order chi connectivity index (χ0) is 16.2. The van der Waals surface area contributed by atoms with Crippen molar-refractivity contribution in [2.24, 2.45) is 5.41 Å². The molecule has 1 fully saturated rings. The molecular formula is C16H26N4O2. The van der Waals surface area contributed by atoms with Crippen LogP contribution in [0.25, 0.3) is 0 Å². The lowest BCUT2D eigenvalue weighted by Crippen LogP contribution is -2.45. The largest absolute Gasteiger partial charge is 0.444 e. The van der Waals surface area contributed by atoms with Gasteiger partial charge in [-0.2, -0.15) is 0 Å². The molecule has 6 heteroatoms. The summed E-state index contributed by atoms with van der Waals surface area (Å²) in [5, 5.41) is 2.90. The molecule has 2 rings (SSSR count). The van der Waals surface area contributed by atoms with Crippen LogP contribution in [0.2, 0.25) is 0 Å². The molecule has 0 radical (unpaired) electrons. The van der Waals surface area contributed by atoms with Gasteiger partial charge in [0.05, 0.1) is 6.20 Å². The third-order valence-corrected chi connectivity index (χ3v) is 3.90. The van der Waals surface area contributed by atoms with Crippen LogP contribution < -0.4 is 10.2 Å². The van der Waals surface area contributed by atoms with E-state index in [1.54, 1.807) is 18.6 Å². The molecule has 1 saturated heterocycles. The first-order chi connectivity index (χ1) is 10.3. The number of hydrogen-bond acceptors (Lipinski definition) is 5. The van der Waals surface area contributed by atoms with E-state index in [-0.39, 0.29) is 11.5 Å². The molecular weight excluding hydrogens is 280 g/mol. The Morgan fingerprint density at radius 3 is 2.59 bits per heavy atom. The van der Waals surface area contributed by atoms with Crippen LogP contribution in [-0.2, 0) is 4.74 Å². The maximum absolute atomic E-state index is 11.8. The van der Waals surface area contributed by atoms with Crippen LogP contribution in [0.1, 0.15) is 40.5 Å². The molecule has 122 valence electrons. The lowest BCUT2D eigenvalue weighted by Gasteiger charge is -2.39. The second-order valence-electron chi connectivity index (χ2n) is 7.22. The minimum absolute atomic E-state index is 0.0929. The molecule has 0 bridgehead atoms. The number of alkyl carbamates (subject to hydrolysis) is 1. The number of amides is 1. The van der Waals surface area contributed by atoms with Crippen molar-refractivity contribution in [2.75, 3.05) is 24.5 Å². The van der Waals surface area contributed by atoms with Gasteiger partial charge in [0, 0.05) is 32.0 Å². The predicted molar refractivity (Wildman–Crippen MR) is 85.8 cm³/mol. The normalized spacial score (nSPS) is 17.9. The molecule has 1 amide bonds. The Labute approximate surface area is 132 Å². The van der Waals surface area contributed by atoms with Gasteiger partial charge in [0.1, 0.15) is 11.4 Å². The van der Waals surface area contributed by atoms with Crippen LogP contribution in [-0.4, -0.2) is 41.3 Å². The second kappa shape index (κ2) is 6.50. The Morgan fingerprint density at radius 1 is 1.36 bits per heavy atom. The average molecular weight is 306 g/mol. The van der Waals surface area contributed by atoms with Crippen molar-refractivity contribution in [3.8, 4) is 0 Å². The Bertz CT molecular complexity index is 491. The van der Waals surface area contributed by atoms with Crippen molar-refractivity contribution in [1.82, 2.24) is 15.3 Å². The number of hydrogen-bond donors (Lipinski definition) is 1. The molecule has 0 unspecified atom stereocenters. The molecule has 1 aromatic rings. The number of nitrogens with one attached hydrogen (secondary N) is 1. The fourth-order valence-electron chi connectivity index (χ4n) is 2.51. The van der Waals surface area contributed by atoms with Gasteiger partial charge in [0.2, 0.25) is 0 Å². The number of ether oxygens (including phenoxy) is 1. The van der Waals surface area contributed by atoms with Gasteiger partial charge in [-0.15, -0.1) is 0 Å². The molecule has 1 aliphatic heterocycles. The van der Waals surface area contributed by atoms with Crippen molar-refractivity contribution in [2.45, 2.75) is 46.1 Å². The molecule has 1 aliphatic rings. The van der Waals surface area contributed by atoms with Crippen molar-refractivity contribution in [3.63, 3.8) is 0 Å². The smallest absolute Gasteiger partial charge is 0.407 e. The molecule has 1 aromatic heterocycles. The topological polar surface area (TPSA) is 67.3 Å². The summed E-state index contributed by atoms with van der Waals surface area (Å²) in [5.41, 5.74) is -0.365. The van der Waals surface area contributed by atoms with E-state index in [9.17, 15) is 4.79 Å². The summed E-state index contributed by atoms with van der Waals surface area (Å²) >= 11 is 0. The molecule has 2 heterocycles. The quantitative estimate of drug-likeness (QED) is 0.929. The Kier molecular flexibility index (Phi) is 4.88. The molecule has 1 N–H and O–H groups in total. The summed E-state index contributed by atoms with van der Waals surface area (Å²) in [4.78, 5) is 22.5. The Balaban J connectivity index is 1.81. The fraction of sp³-hybridized carbons (Fsp3) is 0.688. The molecule has 22 heavy (non-hydrogen) atoms. The molecule has 0 aromatic carbocycles. The van der Waals surface area contributed by atoms with E-state index < -0.39 is 5.60 Å². The van der Waals surface area contributed by atoms with Crippen LogP contribution in [0.4, 0.5) is 10.6 Å². The number of aromatic nitrogens is 2. The number of rotatable bonds is 3. The van der Waals surface area contributed by atoms with Gasteiger partial charge in [-0.1, -0.05) is 6.92 Å². The zero-order valence-electron chi connectivity index (χ0n) is 13.9. The Morgan fingerprint density at radius 2 is 2.05 bits per heavy atom.